The molecule has 0 aliphatic rings. The van der Waals surface area contributed by atoms with Crippen molar-refractivity contribution in [3.05, 3.63) is 11.6 Å². The second kappa shape index (κ2) is 7.65. The zero-order valence-corrected chi connectivity index (χ0v) is 10.8. The number of aryl methyl sites for hydroxylation is 1. The van der Waals surface area contributed by atoms with Crippen molar-refractivity contribution < 1.29 is 5.11 Å². The van der Waals surface area contributed by atoms with E-state index >= 15 is 0 Å². The lowest BCUT2D eigenvalue weighted by molar-refractivity contribution is 0.296. The lowest BCUT2D eigenvalue weighted by Crippen LogP contribution is -2.19. The Morgan fingerprint density at radius 1 is 1.38 bits per heavy atom. The average Bonchev–Trinajstić information content (AvgIpc) is 2.59. The summed E-state index contributed by atoms with van der Waals surface area (Å²) in [6.07, 6.45) is 0.882. The molecule has 2 N–H and O–H groups in total. The summed E-state index contributed by atoms with van der Waals surface area (Å²) >= 11 is 1.86. The van der Waals surface area contributed by atoms with E-state index in [0.29, 0.717) is 6.61 Å². The number of hydrogen-bond donors (Lipinski definition) is 2. The first kappa shape index (κ1) is 13.5. The van der Waals surface area contributed by atoms with Crippen molar-refractivity contribution in [2.45, 2.75) is 19.9 Å². The van der Waals surface area contributed by atoms with Crippen molar-refractivity contribution >= 4 is 11.8 Å². The standard InChI is InChI=1S/C10H20N4OS/c1-9-12-13-10(14(9)2)8-11-4-7-16-6-3-5-15/h11,15H,3-8H2,1-2H3. The highest BCUT2D eigenvalue weighted by atomic mass is 32.2. The van der Waals surface area contributed by atoms with Crippen LogP contribution in [0.15, 0.2) is 0 Å². The number of aromatic nitrogens is 3. The summed E-state index contributed by atoms with van der Waals surface area (Å²) in [5.74, 6) is 4.00. The quantitative estimate of drug-likeness (QED) is 0.645. The molecule has 0 saturated heterocycles. The Morgan fingerprint density at radius 3 is 2.81 bits per heavy atom. The molecule has 5 nitrogen and oxygen atoms in total. The van der Waals surface area contributed by atoms with Crippen LogP contribution in [0, 0.1) is 6.92 Å². The highest BCUT2D eigenvalue weighted by Gasteiger charge is 2.02. The summed E-state index contributed by atoms with van der Waals surface area (Å²) in [5.41, 5.74) is 0. The zero-order valence-electron chi connectivity index (χ0n) is 9.94. The SMILES string of the molecule is Cc1nnc(CNCCSCCCO)n1C. The molecule has 0 aliphatic heterocycles. The van der Waals surface area contributed by atoms with Gasteiger partial charge in [0.25, 0.3) is 0 Å². The van der Waals surface area contributed by atoms with Gasteiger partial charge >= 0.3 is 0 Å². The van der Waals surface area contributed by atoms with Gasteiger partial charge in [-0.25, -0.2) is 0 Å². The molecule has 1 rings (SSSR count). The number of rotatable bonds is 8. The summed E-state index contributed by atoms with van der Waals surface area (Å²) in [4.78, 5) is 0. The van der Waals surface area contributed by atoms with Crippen LogP contribution in [0.1, 0.15) is 18.1 Å². The van der Waals surface area contributed by atoms with Crippen LogP contribution in [-0.4, -0.2) is 44.5 Å². The molecule has 92 valence electrons. The van der Waals surface area contributed by atoms with Gasteiger partial charge in [0.15, 0.2) is 0 Å². The fourth-order valence-corrected chi connectivity index (χ4v) is 2.04. The maximum atomic E-state index is 8.60. The molecule has 1 aromatic rings. The number of aliphatic hydroxyl groups is 1. The van der Waals surface area contributed by atoms with Crippen LogP contribution >= 0.6 is 11.8 Å². The maximum absolute atomic E-state index is 8.60. The minimum absolute atomic E-state index is 0.290. The van der Waals surface area contributed by atoms with Crippen molar-refractivity contribution in [1.82, 2.24) is 20.1 Å². The lowest BCUT2D eigenvalue weighted by Gasteiger charge is -2.04. The molecular weight excluding hydrogens is 224 g/mol. The van der Waals surface area contributed by atoms with E-state index in [1.165, 1.54) is 0 Å². The van der Waals surface area contributed by atoms with Crippen molar-refractivity contribution in [2.75, 3.05) is 24.7 Å². The van der Waals surface area contributed by atoms with E-state index in [1.54, 1.807) is 0 Å². The van der Waals surface area contributed by atoms with Crippen LogP contribution in [0.3, 0.4) is 0 Å². The predicted molar refractivity (Wildman–Crippen MR) is 66.5 cm³/mol. The number of thioether (sulfide) groups is 1. The molecule has 1 aromatic heterocycles. The van der Waals surface area contributed by atoms with Crippen LogP contribution in [-0.2, 0) is 13.6 Å². The van der Waals surface area contributed by atoms with Gasteiger partial charge < -0.3 is 15.0 Å². The summed E-state index contributed by atoms with van der Waals surface area (Å²) in [5, 5.41) is 20.0. The fourth-order valence-electron chi connectivity index (χ4n) is 1.22. The van der Waals surface area contributed by atoms with Gasteiger partial charge in [-0.15, -0.1) is 10.2 Å². The van der Waals surface area contributed by atoms with E-state index < -0.39 is 0 Å². The molecule has 1 heterocycles. The Bertz CT molecular complexity index is 303. The van der Waals surface area contributed by atoms with Gasteiger partial charge in [-0.1, -0.05) is 0 Å². The zero-order chi connectivity index (χ0) is 11.8. The summed E-state index contributed by atoms with van der Waals surface area (Å²) in [6.45, 7) is 3.96. The van der Waals surface area contributed by atoms with E-state index in [1.807, 2.05) is 30.3 Å². The van der Waals surface area contributed by atoms with Gasteiger partial charge in [-0.3, -0.25) is 0 Å². The topological polar surface area (TPSA) is 63.0 Å². The highest BCUT2D eigenvalue weighted by Crippen LogP contribution is 2.01. The lowest BCUT2D eigenvalue weighted by atomic mass is 10.5. The molecule has 6 heteroatoms. The minimum Gasteiger partial charge on any atom is -0.396 e. The molecule has 0 fully saturated rings. The third kappa shape index (κ3) is 4.51. The van der Waals surface area contributed by atoms with Gasteiger partial charge in [0, 0.05) is 26.0 Å². The third-order valence-electron chi connectivity index (χ3n) is 2.34. The molecular formula is C10H20N4OS. The molecule has 0 unspecified atom stereocenters. The molecule has 0 bridgehead atoms. The third-order valence-corrected chi connectivity index (χ3v) is 3.41. The molecule has 0 spiro atoms. The monoisotopic (exact) mass is 244 g/mol. The predicted octanol–water partition coefficient (Wildman–Crippen LogP) is 0.329. The van der Waals surface area contributed by atoms with Crippen LogP contribution in [0.4, 0.5) is 0 Å². The summed E-state index contributed by atoms with van der Waals surface area (Å²) in [7, 11) is 1.97. The van der Waals surface area contributed by atoms with Gasteiger partial charge in [0.1, 0.15) is 11.6 Å². The first-order chi connectivity index (χ1) is 7.75. The molecule has 0 atom stereocenters. The van der Waals surface area contributed by atoms with E-state index in [9.17, 15) is 0 Å². The van der Waals surface area contributed by atoms with Gasteiger partial charge in [0.05, 0.1) is 6.54 Å². The molecule has 0 radical (unpaired) electrons. The first-order valence-corrected chi connectivity index (χ1v) is 6.65. The summed E-state index contributed by atoms with van der Waals surface area (Å²) in [6, 6.07) is 0. The highest BCUT2D eigenvalue weighted by molar-refractivity contribution is 7.99. The van der Waals surface area contributed by atoms with E-state index in [2.05, 4.69) is 15.5 Å². The fraction of sp³-hybridized carbons (Fsp3) is 0.800. The van der Waals surface area contributed by atoms with E-state index in [0.717, 1.165) is 42.7 Å². The van der Waals surface area contributed by atoms with Crippen LogP contribution < -0.4 is 5.32 Å². The molecule has 16 heavy (non-hydrogen) atoms. The smallest absolute Gasteiger partial charge is 0.146 e. The molecule has 0 amide bonds. The van der Waals surface area contributed by atoms with Crippen molar-refractivity contribution in [3.63, 3.8) is 0 Å². The van der Waals surface area contributed by atoms with E-state index in [4.69, 9.17) is 5.11 Å². The number of nitrogens with one attached hydrogen (secondary N) is 1. The second-order valence-corrected chi connectivity index (χ2v) is 4.81. The molecule has 0 saturated carbocycles. The van der Waals surface area contributed by atoms with Gasteiger partial charge in [0.2, 0.25) is 0 Å². The van der Waals surface area contributed by atoms with Crippen molar-refractivity contribution in [2.24, 2.45) is 7.05 Å². The van der Waals surface area contributed by atoms with Gasteiger partial charge in [-0.2, -0.15) is 11.8 Å². The average molecular weight is 244 g/mol. The Kier molecular flexibility index (Phi) is 6.44. The second-order valence-electron chi connectivity index (χ2n) is 3.59. The number of hydrogen-bond acceptors (Lipinski definition) is 5. The Hall–Kier alpha value is -0.590. The first-order valence-electron chi connectivity index (χ1n) is 5.50. The Labute approximate surface area is 101 Å². The number of nitrogens with zero attached hydrogens (tertiary/aromatic N) is 3. The largest absolute Gasteiger partial charge is 0.396 e. The van der Waals surface area contributed by atoms with Crippen LogP contribution in [0.5, 0.6) is 0 Å². The van der Waals surface area contributed by atoms with Crippen LogP contribution in [0.2, 0.25) is 0 Å². The summed E-state index contributed by atoms with van der Waals surface area (Å²) < 4.78 is 1.99. The Morgan fingerprint density at radius 2 is 2.19 bits per heavy atom. The maximum Gasteiger partial charge on any atom is 0.146 e. The Balaban J connectivity index is 2.05. The van der Waals surface area contributed by atoms with Gasteiger partial charge in [-0.05, 0) is 19.1 Å². The normalized spacial score (nSPS) is 10.9. The van der Waals surface area contributed by atoms with Crippen molar-refractivity contribution in [1.29, 1.82) is 0 Å². The van der Waals surface area contributed by atoms with Crippen LogP contribution in [0.25, 0.3) is 0 Å². The molecule has 0 aliphatic carbocycles. The van der Waals surface area contributed by atoms with Crippen molar-refractivity contribution in [3.8, 4) is 0 Å². The van der Waals surface area contributed by atoms with E-state index in [-0.39, 0.29) is 0 Å². The molecule has 0 aromatic carbocycles. The minimum atomic E-state index is 0.290. The number of aliphatic hydroxyl groups excluding tert-OH is 1.